The van der Waals surface area contributed by atoms with Crippen LogP contribution < -0.4 is 4.90 Å². The zero-order valence-electron chi connectivity index (χ0n) is 12.7. The molecule has 3 aromatic carbocycles. The predicted molar refractivity (Wildman–Crippen MR) is 92.3 cm³/mol. The van der Waals surface area contributed by atoms with Crippen LogP contribution in [0, 0.1) is 0 Å². The van der Waals surface area contributed by atoms with Crippen molar-refractivity contribution in [3.8, 4) is 0 Å². The first-order valence-electron chi connectivity index (χ1n) is 7.63. The molecule has 1 atom stereocenters. The second kappa shape index (κ2) is 6.01. The summed E-state index contributed by atoms with van der Waals surface area (Å²) in [5.41, 5.74) is 2.54. The number of hydrogen-bond donors (Lipinski definition) is 0. The van der Waals surface area contributed by atoms with Crippen LogP contribution in [0.15, 0.2) is 72.8 Å². The molecule has 0 amide bonds. The highest BCUT2D eigenvalue weighted by Crippen LogP contribution is 2.34. The molecule has 21 heavy (non-hydrogen) atoms. The van der Waals surface area contributed by atoms with Crippen LogP contribution >= 0.6 is 0 Å². The zero-order valence-corrected chi connectivity index (χ0v) is 12.7. The third-order valence-corrected chi connectivity index (χ3v) is 4.09. The van der Waals surface area contributed by atoms with Crippen LogP contribution in [0.1, 0.15) is 20.3 Å². The lowest BCUT2D eigenvalue weighted by atomic mass is 10.1. The van der Waals surface area contributed by atoms with E-state index in [1.54, 1.807) is 0 Å². The van der Waals surface area contributed by atoms with Gasteiger partial charge in [0.2, 0.25) is 0 Å². The van der Waals surface area contributed by atoms with Crippen molar-refractivity contribution in [2.24, 2.45) is 0 Å². The Morgan fingerprint density at radius 2 is 1.48 bits per heavy atom. The van der Waals surface area contributed by atoms with Crippen LogP contribution in [0.2, 0.25) is 0 Å². The second-order valence-electron chi connectivity index (χ2n) is 5.46. The minimum atomic E-state index is 0.457. The van der Waals surface area contributed by atoms with E-state index in [1.807, 2.05) is 0 Å². The molecule has 0 saturated carbocycles. The van der Waals surface area contributed by atoms with E-state index in [0.717, 1.165) is 6.42 Å². The van der Waals surface area contributed by atoms with E-state index in [-0.39, 0.29) is 0 Å². The van der Waals surface area contributed by atoms with Gasteiger partial charge in [0.15, 0.2) is 0 Å². The monoisotopic (exact) mass is 275 g/mol. The summed E-state index contributed by atoms with van der Waals surface area (Å²) in [5.74, 6) is 0. The molecular formula is C20H21N. The molecule has 0 aliphatic rings. The van der Waals surface area contributed by atoms with Crippen molar-refractivity contribution in [1.29, 1.82) is 0 Å². The molecule has 106 valence electrons. The van der Waals surface area contributed by atoms with Gasteiger partial charge in [-0.3, -0.25) is 0 Å². The van der Waals surface area contributed by atoms with E-state index in [0.29, 0.717) is 6.04 Å². The number of fused-ring (bicyclic) bond motifs is 1. The molecule has 3 aromatic rings. The van der Waals surface area contributed by atoms with Gasteiger partial charge in [0.25, 0.3) is 0 Å². The van der Waals surface area contributed by atoms with Crippen LogP contribution in [0.25, 0.3) is 10.8 Å². The fourth-order valence-electron chi connectivity index (χ4n) is 2.82. The summed E-state index contributed by atoms with van der Waals surface area (Å²) in [6, 6.07) is 26.3. The molecule has 0 heterocycles. The van der Waals surface area contributed by atoms with Gasteiger partial charge in [-0.1, -0.05) is 61.5 Å². The highest BCUT2D eigenvalue weighted by molar-refractivity contribution is 5.96. The van der Waals surface area contributed by atoms with Crippen molar-refractivity contribution in [3.63, 3.8) is 0 Å². The van der Waals surface area contributed by atoms with Crippen molar-refractivity contribution in [3.05, 3.63) is 72.8 Å². The summed E-state index contributed by atoms with van der Waals surface area (Å²) in [4.78, 5) is 2.45. The van der Waals surface area contributed by atoms with Gasteiger partial charge in [-0.15, -0.1) is 0 Å². The summed E-state index contributed by atoms with van der Waals surface area (Å²) >= 11 is 0. The smallest absolute Gasteiger partial charge is 0.0492 e. The molecule has 0 fully saturated rings. The predicted octanol–water partition coefficient (Wildman–Crippen LogP) is 5.78. The zero-order chi connectivity index (χ0) is 14.7. The second-order valence-corrected chi connectivity index (χ2v) is 5.46. The van der Waals surface area contributed by atoms with E-state index < -0.39 is 0 Å². The average Bonchev–Trinajstić information content (AvgIpc) is 2.56. The Morgan fingerprint density at radius 1 is 0.810 bits per heavy atom. The largest absolute Gasteiger partial charge is 0.338 e. The molecule has 0 spiro atoms. The van der Waals surface area contributed by atoms with Gasteiger partial charge in [0.05, 0.1) is 0 Å². The van der Waals surface area contributed by atoms with Gasteiger partial charge in [-0.05, 0) is 36.9 Å². The average molecular weight is 275 g/mol. The van der Waals surface area contributed by atoms with E-state index in [9.17, 15) is 0 Å². The van der Waals surface area contributed by atoms with Crippen LogP contribution in [0.5, 0.6) is 0 Å². The lowest BCUT2D eigenvalue weighted by molar-refractivity contribution is 0.689. The normalized spacial score (nSPS) is 12.3. The maximum Gasteiger partial charge on any atom is 0.0492 e. The maximum absolute atomic E-state index is 2.45. The Kier molecular flexibility index (Phi) is 3.92. The molecule has 0 bridgehead atoms. The van der Waals surface area contributed by atoms with E-state index in [1.165, 1.54) is 22.1 Å². The van der Waals surface area contributed by atoms with E-state index in [4.69, 9.17) is 0 Å². The first-order valence-corrected chi connectivity index (χ1v) is 7.63. The molecule has 0 aliphatic carbocycles. The van der Waals surface area contributed by atoms with Crippen LogP contribution in [-0.2, 0) is 0 Å². The minimum absolute atomic E-state index is 0.457. The molecule has 1 nitrogen and oxygen atoms in total. The Balaban J connectivity index is 2.20. The van der Waals surface area contributed by atoms with Crippen LogP contribution in [0.3, 0.4) is 0 Å². The highest BCUT2D eigenvalue weighted by Gasteiger charge is 2.17. The number of benzene rings is 3. The first kappa shape index (κ1) is 13.7. The molecule has 0 radical (unpaired) electrons. The number of rotatable bonds is 4. The van der Waals surface area contributed by atoms with E-state index in [2.05, 4.69) is 91.5 Å². The Bertz CT molecular complexity index is 713. The van der Waals surface area contributed by atoms with Gasteiger partial charge in [0, 0.05) is 22.8 Å². The third-order valence-electron chi connectivity index (χ3n) is 4.09. The molecule has 0 saturated heterocycles. The molecule has 0 aromatic heterocycles. The minimum Gasteiger partial charge on any atom is -0.338 e. The van der Waals surface area contributed by atoms with Crippen molar-refractivity contribution in [1.82, 2.24) is 0 Å². The SMILES string of the molecule is CCC(C)N(c1ccccc1)c1cccc2ccccc12. The molecule has 0 N–H and O–H groups in total. The van der Waals surface area contributed by atoms with Crippen LogP contribution in [0.4, 0.5) is 11.4 Å². The lowest BCUT2D eigenvalue weighted by Crippen LogP contribution is -2.27. The van der Waals surface area contributed by atoms with Gasteiger partial charge in [0.1, 0.15) is 0 Å². The summed E-state index contributed by atoms with van der Waals surface area (Å²) in [6.45, 7) is 4.53. The standard InChI is InChI=1S/C20H21N/c1-3-16(2)21(18-12-5-4-6-13-18)20-15-9-11-17-10-7-8-14-19(17)20/h4-16H,3H2,1-2H3. The van der Waals surface area contributed by atoms with Gasteiger partial charge < -0.3 is 4.90 Å². The summed E-state index contributed by atoms with van der Waals surface area (Å²) in [5, 5.41) is 2.60. The van der Waals surface area contributed by atoms with Crippen molar-refractivity contribution >= 4 is 22.1 Å². The Hall–Kier alpha value is -2.28. The summed E-state index contributed by atoms with van der Waals surface area (Å²) < 4.78 is 0. The molecule has 1 unspecified atom stereocenters. The summed E-state index contributed by atoms with van der Waals surface area (Å²) in [7, 11) is 0. The van der Waals surface area contributed by atoms with Gasteiger partial charge in [-0.25, -0.2) is 0 Å². The van der Waals surface area contributed by atoms with Crippen molar-refractivity contribution < 1.29 is 0 Å². The third kappa shape index (κ3) is 2.64. The topological polar surface area (TPSA) is 3.24 Å². The fourth-order valence-corrected chi connectivity index (χ4v) is 2.82. The molecule has 1 heteroatoms. The van der Waals surface area contributed by atoms with E-state index >= 15 is 0 Å². The quantitative estimate of drug-likeness (QED) is 0.583. The Morgan fingerprint density at radius 3 is 2.24 bits per heavy atom. The molecule has 3 rings (SSSR count). The van der Waals surface area contributed by atoms with Crippen molar-refractivity contribution in [2.75, 3.05) is 4.90 Å². The number of anilines is 2. The molecule has 0 aliphatic heterocycles. The molecular weight excluding hydrogens is 254 g/mol. The number of hydrogen-bond acceptors (Lipinski definition) is 1. The number of nitrogens with zero attached hydrogens (tertiary/aromatic N) is 1. The number of para-hydroxylation sites is 1. The summed E-state index contributed by atoms with van der Waals surface area (Å²) in [6.07, 6.45) is 1.11. The maximum atomic E-state index is 2.45. The van der Waals surface area contributed by atoms with Gasteiger partial charge in [-0.2, -0.15) is 0 Å². The van der Waals surface area contributed by atoms with Gasteiger partial charge >= 0.3 is 0 Å². The van der Waals surface area contributed by atoms with Crippen LogP contribution in [-0.4, -0.2) is 6.04 Å². The highest BCUT2D eigenvalue weighted by atomic mass is 15.2. The Labute approximate surface area is 126 Å². The first-order chi connectivity index (χ1) is 10.3. The van der Waals surface area contributed by atoms with Crippen molar-refractivity contribution in [2.45, 2.75) is 26.3 Å². The fraction of sp³-hybridized carbons (Fsp3) is 0.200. The lowest BCUT2D eigenvalue weighted by Gasteiger charge is -2.32.